The Hall–Kier alpha value is -1.32. The Kier molecular flexibility index (Phi) is 5.60. The summed E-state index contributed by atoms with van der Waals surface area (Å²) in [6.45, 7) is 5.42. The van der Waals surface area contributed by atoms with Gasteiger partial charge in [0.05, 0.1) is 6.61 Å². The second-order valence-electron chi connectivity index (χ2n) is 3.31. The molecule has 0 heterocycles. The molecular formula is C10H17NO3. The maximum Gasteiger partial charge on any atom is 0.313 e. The normalized spacial score (nSPS) is 9.36. The number of hydrogen-bond acceptors (Lipinski definition) is 4. The highest BCUT2D eigenvalue weighted by molar-refractivity contribution is 5.94. The highest BCUT2D eigenvalue weighted by atomic mass is 16.5. The van der Waals surface area contributed by atoms with E-state index in [0.29, 0.717) is 6.42 Å². The van der Waals surface area contributed by atoms with E-state index in [2.05, 4.69) is 6.58 Å². The van der Waals surface area contributed by atoms with Crippen molar-refractivity contribution in [3.8, 4) is 0 Å². The highest BCUT2D eigenvalue weighted by Gasteiger charge is 2.06. The number of carbonyl (C=O) groups is 2. The topological polar surface area (TPSA) is 46.6 Å². The van der Waals surface area contributed by atoms with E-state index in [9.17, 15) is 9.59 Å². The number of Topliss-reactive ketones (excluding diaryl/α,β-unsaturated/α-hetero) is 1. The molecule has 0 saturated carbocycles. The molecule has 0 aliphatic heterocycles. The van der Waals surface area contributed by atoms with Crippen LogP contribution in [-0.4, -0.2) is 37.4 Å². The molecule has 0 aliphatic rings. The van der Waals surface area contributed by atoms with Gasteiger partial charge in [0.1, 0.15) is 12.2 Å². The van der Waals surface area contributed by atoms with Gasteiger partial charge in [-0.25, -0.2) is 0 Å². The molecule has 0 fully saturated rings. The zero-order chi connectivity index (χ0) is 11.1. The maximum absolute atomic E-state index is 10.9. The van der Waals surface area contributed by atoms with Crippen LogP contribution in [0.3, 0.4) is 0 Å². The Labute approximate surface area is 84.5 Å². The second-order valence-corrected chi connectivity index (χ2v) is 3.31. The average Bonchev–Trinajstić information content (AvgIpc) is 2.02. The number of hydrogen-bond donors (Lipinski definition) is 0. The fourth-order valence-electron chi connectivity index (χ4n) is 0.761. The van der Waals surface area contributed by atoms with Crippen molar-refractivity contribution in [1.82, 2.24) is 4.90 Å². The first-order chi connectivity index (χ1) is 6.43. The molecule has 80 valence electrons. The van der Waals surface area contributed by atoms with Crippen molar-refractivity contribution in [1.29, 1.82) is 0 Å². The van der Waals surface area contributed by atoms with Gasteiger partial charge in [0.15, 0.2) is 0 Å². The van der Waals surface area contributed by atoms with Gasteiger partial charge in [-0.15, -0.1) is 0 Å². The van der Waals surface area contributed by atoms with Crippen molar-refractivity contribution in [2.75, 3.05) is 20.7 Å². The van der Waals surface area contributed by atoms with Gasteiger partial charge in [-0.05, 0) is 6.92 Å². The summed E-state index contributed by atoms with van der Waals surface area (Å²) < 4.78 is 4.83. The molecule has 0 aromatic rings. The number of ether oxygens (including phenoxy) is 1. The number of ketones is 1. The Bertz CT molecular complexity index is 234. The first kappa shape index (κ1) is 12.7. The Balaban J connectivity index is 3.59. The fourth-order valence-corrected chi connectivity index (χ4v) is 0.761. The lowest BCUT2D eigenvalue weighted by Crippen LogP contribution is -2.14. The van der Waals surface area contributed by atoms with Crippen molar-refractivity contribution in [2.45, 2.75) is 19.8 Å². The van der Waals surface area contributed by atoms with Crippen LogP contribution < -0.4 is 0 Å². The van der Waals surface area contributed by atoms with Crippen LogP contribution in [0.5, 0.6) is 0 Å². The van der Waals surface area contributed by atoms with Gasteiger partial charge in [-0.1, -0.05) is 6.58 Å². The van der Waals surface area contributed by atoms with Gasteiger partial charge in [0.25, 0.3) is 0 Å². The van der Waals surface area contributed by atoms with Crippen LogP contribution in [0.2, 0.25) is 0 Å². The van der Waals surface area contributed by atoms with Crippen LogP contribution in [-0.2, 0) is 14.3 Å². The van der Waals surface area contributed by atoms with Gasteiger partial charge in [-0.2, -0.15) is 0 Å². The summed E-state index contributed by atoms with van der Waals surface area (Å²) in [6, 6.07) is 0. The molecule has 0 saturated heterocycles. The molecule has 14 heavy (non-hydrogen) atoms. The van der Waals surface area contributed by atoms with E-state index in [0.717, 1.165) is 5.70 Å². The van der Waals surface area contributed by atoms with Crippen molar-refractivity contribution in [2.24, 2.45) is 0 Å². The van der Waals surface area contributed by atoms with Crippen LogP contribution in [0.25, 0.3) is 0 Å². The summed E-state index contributed by atoms with van der Waals surface area (Å²) in [7, 11) is 3.75. The SMILES string of the molecule is C=C(CCOC(=O)CC(C)=O)N(C)C. The third-order valence-corrected chi connectivity index (χ3v) is 1.68. The summed E-state index contributed by atoms with van der Waals surface area (Å²) >= 11 is 0. The maximum atomic E-state index is 10.9. The van der Waals surface area contributed by atoms with Crippen LogP contribution in [0.4, 0.5) is 0 Å². The Morgan fingerprint density at radius 3 is 2.36 bits per heavy atom. The molecule has 0 radical (unpaired) electrons. The molecule has 0 amide bonds. The monoisotopic (exact) mass is 199 g/mol. The predicted molar refractivity (Wildman–Crippen MR) is 53.7 cm³/mol. The first-order valence-electron chi connectivity index (χ1n) is 4.43. The zero-order valence-corrected chi connectivity index (χ0v) is 9.00. The van der Waals surface area contributed by atoms with Crippen molar-refractivity contribution < 1.29 is 14.3 Å². The lowest BCUT2D eigenvalue weighted by molar-refractivity contribution is -0.145. The van der Waals surface area contributed by atoms with Crippen LogP contribution in [0, 0.1) is 0 Å². The van der Waals surface area contributed by atoms with Crippen molar-refractivity contribution >= 4 is 11.8 Å². The molecule has 0 aliphatic carbocycles. The zero-order valence-electron chi connectivity index (χ0n) is 9.00. The molecular weight excluding hydrogens is 182 g/mol. The molecule has 0 bridgehead atoms. The molecule has 0 aromatic heterocycles. The predicted octanol–water partition coefficient (Wildman–Crippen LogP) is 0.974. The number of esters is 1. The molecule has 0 rings (SSSR count). The van der Waals surface area contributed by atoms with Gasteiger partial charge in [0.2, 0.25) is 0 Å². The minimum absolute atomic E-state index is 0.144. The standard InChI is InChI=1S/C10H17NO3/c1-8(11(3)4)5-6-14-10(13)7-9(2)12/h1,5-7H2,2-4H3. The van der Waals surface area contributed by atoms with Crippen LogP contribution in [0.15, 0.2) is 12.3 Å². The number of carbonyl (C=O) groups excluding carboxylic acids is 2. The third-order valence-electron chi connectivity index (χ3n) is 1.68. The van der Waals surface area contributed by atoms with E-state index >= 15 is 0 Å². The first-order valence-corrected chi connectivity index (χ1v) is 4.43. The fraction of sp³-hybridized carbons (Fsp3) is 0.600. The molecule has 0 aromatic carbocycles. The summed E-state index contributed by atoms with van der Waals surface area (Å²) in [5.41, 5.74) is 0.889. The lowest BCUT2D eigenvalue weighted by atomic mass is 10.3. The highest BCUT2D eigenvalue weighted by Crippen LogP contribution is 2.01. The molecule has 4 nitrogen and oxygen atoms in total. The minimum atomic E-state index is -0.468. The molecule has 4 heteroatoms. The second kappa shape index (κ2) is 6.18. The number of nitrogens with zero attached hydrogens (tertiary/aromatic N) is 1. The largest absolute Gasteiger partial charge is 0.465 e. The number of rotatable bonds is 6. The quantitative estimate of drug-likeness (QED) is 0.472. The van der Waals surface area contributed by atoms with Gasteiger partial charge in [-0.3, -0.25) is 9.59 Å². The molecule has 0 atom stereocenters. The minimum Gasteiger partial charge on any atom is -0.465 e. The van der Waals surface area contributed by atoms with Crippen LogP contribution >= 0.6 is 0 Å². The Morgan fingerprint density at radius 1 is 1.36 bits per heavy atom. The average molecular weight is 199 g/mol. The van der Waals surface area contributed by atoms with E-state index < -0.39 is 5.97 Å². The summed E-state index contributed by atoms with van der Waals surface area (Å²) in [4.78, 5) is 23.3. The molecule has 0 spiro atoms. The van der Waals surface area contributed by atoms with Crippen LogP contribution in [0.1, 0.15) is 19.8 Å². The summed E-state index contributed by atoms with van der Waals surface area (Å²) in [5.74, 6) is -0.648. The van der Waals surface area contributed by atoms with E-state index in [1.165, 1.54) is 6.92 Å². The van der Waals surface area contributed by atoms with E-state index in [1.54, 1.807) is 0 Å². The lowest BCUT2D eigenvalue weighted by Gasteiger charge is -2.15. The van der Waals surface area contributed by atoms with E-state index in [-0.39, 0.29) is 18.8 Å². The third kappa shape index (κ3) is 6.22. The summed E-state index contributed by atoms with van der Waals surface area (Å²) in [6.07, 6.45) is 0.449. The Morgan fingerprint density at radius 2 is 1.93 bits per heavy atom. The smallest absolute Gasteiger partial charge is 0.313 e. The van der Waals surface area contributed by atoms with Gasteiger partial charge >= 0.3 is 5.97 Å². The van der Waals surface area contributed by atoms with E-state index in [1.807, 2.05) is 19.0 Å². The van der Waals surface area contributed by atoms with E-state index in [4.69, 9.17) is 4.74 Å². The summed E-state index contributed by atoms with van der Waals surface area (Å²) in [5, 5.41) is 0. The molecule has 0 unspecified atom stereocenters. The van der Waals surface area contributed by atoms with Gasteiger partial charge < -0.3 is 9.64 Å². The van der Waals surface area contributed by atoms with Crippen molar-refractivity contribution in [3.05, 3.63) is 12.3 Å². The van der Waals surface area contributed by atoms with Crippen molar-refractivity contribution in [3.63, 3.8) is 0 Å². The molecule has 0 N–H and O–H groups in total. The van der Waals surface area contributed by atoms with Gasteiger partial charge in [0, 0.05) is 26.2 Å².